The Balaban J connectivity index is 3.65. The van der Waals surface area contributed by atoms with E-state index in [1.807, 2.05) is 0 Å². The summed E-state index contributed by atoms with van der Waals surface area (Å²) < 4.78 is 10.6. The second-order valence-corrected chi connectivity index (χ2v) is 12.7. The zero-order valence-electron chi connectivity index (χ0n) is 30.1. The highest BCUT2D eigenvalue weighted by atomic mass is 16.6. The molecule has 0 aliphatic heterocycles. The fourth-order valence-corrected chi connectivity index (χ4v) is 5.18. The highest BCUT2D eigenvalue weighted by Crippen LogP contribution is 2.13. The van der Waals surface area contributed by atoms with Crippen LogP contribution < -0.4 is 0 Å². The highest BCUT2D eigenvalue weighted by Gasteiger charge is 2.16. The van der Waals surface area contributed by atoms with Gasteiger partial charge in [-0.15, -0.1) is 0 Å². The number of ether oxygens (including phenoxy) is 2. The minimum Gasteiger partial charge on any atom is -0.462 e. The van der Waals surface area contributed by atoms with Crippen LogP contribution in [0.1, 0.15) is 181 Å². The maximum atomic E-state index is 12.1. The van der Waals surface area contributed by atoms with Gasteiger partial charge in [-0.25, -0.2) is 0 Å². The molecule has 0 amide bonds. The van der Waals surface area contributed by atoms with Crippen molar-refractivity contribution in [1.29, 1.82) is 0 Å². The van der Waals surface area contributed by atoms with Crippen molar-refractivity contribution >= 4 is 11.9 Å². The summed E-state index contributed by atoms with van der Waals surface area (Å²) in [4.78, 5) is 24.2. The molecule has 5 heteroatoms. The molecule has 0 heterocycles. The van der Waals surface area contributed by atoms with Gasteiger partial charge in [-0.2, -0.15) is 0 Å². The molecular formula is C41H72O5. The van der Waals surface area contributed by atoms with Crippen LogP contribution in [0.4, 0.5) is 0 Å². The molecule has 5 nitrogen and oxygen atoms in total. The molecule has 1 atom stereocenters. The molecule has 46 heavy (non-hydrogen) atoms. The van der Waals surface area contributed by atoms with Crippen LogP contribution in [0.25, 0.3) is 0 Å². The Morgan fingerprint density at radius 3 is 1.35 bits per heavy atom. The van der Waals surface area contributed by atoms with Crippen molar-refractivity contribution in [3.63, 3.8) is 0 Å². The second kappa shape index (κ2) is 37.3. The van der Waals surface area contributed by atoms with Crippen molar-refractivity contribution in [2.45, 2.75) is 187 Å². The van der Waals surface area contributed by atoms with Crippen LogP contribution in [0.2, 0.25) is 0 Å². The molecule has 1 unspecified atom stereocenters. The van der Waals surface area contributed by atoms with E-state index < -0.39 is 6.10 Å². The molecule has 0 fully saturated rings. The SMILES string of the molecule is CCCCCC=CCC=CCC=CCC=CCCCCCC(=O)OC(CO)COC(=O)CCCCCCCCCCCCCCC. The van der Waals surface area contributed by atoms with E-state index in [-0.39, 0.29) is 25.2 Å². The first kappa shape index (κ1) is 43.9. The Morgan fingerprint density at radius 2 is 0.870 bits per heavy atom. The van der Waals surface area contributed by atoms with E-state index >= 15 is 0 Å². The van der Waals surface area contributed by atoms with Crippen molar-refractivity contribution in [1.82, 2.24) is 0 Å². The van der Waals surface area contributed by atoms with Gasteiger partial charge in [-0.1, -0.05) is 159 Å². The third kappa shape index (κ3) is 34.7. The Morgan fingerprint density at radius 1 is 0.500 bits per heavy atom. The number of hydrogen-bond acceptors (Lipinski definition) is 5. The molecule has 0 aromatic heterocycles. The van der Waals surface area contributed by atoms with Crippen molar-refractivity contribution in [3.8, 4) is 0 Å². The second-order valence-electron chi connectivity index (χ2n) is 12.7. The predicted octanol–water partition coefficient (Wildman–Crippen LogP) is 11.8. The monoisotopic (exact) mass is 645 g/mol. The van der Waals surface area contributed by atoms with Gasteiger partial charge in [0.25, 0.3) is 0 Å². The van der Waals surface area contributed by atoms with Crippen LogP contribution in [-0.2, 0) is 19.1 Å². The van der Waals surface area contributed by atoms with E-state index in [1.54, 1.807) is 0 Å². The molecule has 0 rings (SSSR count). The van der Waals surface area contributed by atoms with Gasteiger partial charge in [0.1, 0.15) is 6.61 Å². The third-order valence-electron chi connectivity index (χ3n) is 8.13. The maximum Gasteiger partial charge on any atom is 0.306 e. The van der Waals surface area contributed by atoms with Crippen molar-refractivity contribution in [2.75, 3.05) is 13.2 Å². The lowest BCUT2D eigenvalue weighted by atomic mass is 10.0. The largest absolute Gasteiger partial charge is 0.462 e. The molecule has 0 aromatic rings. The number of hydrogen-bond donors (Lipinski definition) is 1. The van der Waals surface area contributed by atoms with Crippen molar-refractivity contribution in [3.05, 3.63) is 48.6 Å². The summed E-state index contributed by atoms with van der Waals surface area (Å²) >= 11 is 0. The van der Waals surface area contributed by atoms with Gasteiger partial charge in [0.05, 0.1) is 6.61 Å². The quantitative estimate of drug-likeness (QED) is 0.0429. The fraction of sp³-hybridized carbons (Fsp3) is 0.756. The van der Waals surface area contributed by atoms with Gasteiger partial charge >= 0.3 is 11.9 Å². The molecule has 0 radical (unpaired) electrons. The van der Waals surface area contributed by atoms with Crippen LogP contribution in [-0.4, -0.2) is 36.4 Å². The van der Waals surface area contributed by atoms with Crippen LogP contribution in [0.5, 0.6) is 0 Å². The number of carbonyl (C=O) groups excluding carboxylic acids is 2. The van der Waals surface area contributed by atoms with Crippen molar-refractivity contribution < 1.29 is 24.2 Å². The van der Waals surface area contributed by atoms with E-state index in [0.717, 1.165) is 64.2 Å². The molecule has 0 saturated heterocycles. The number of esters is 2. The lowest BCUT2D eigenvalue weighted by molar-refractivity contribution is -0.161. The van der Waals surface area contributed by atoms with Gasteiger partial charge in [0, 0.05) is 12.8 Å². The number of aliphatic hydroxyl groups excluding tert-OH is 1. The summed E-state index contributed by atoms with van der Waals surface area (Å²) in [7, 11) is 0. The molecule has 266 valence electrons. The molecule has 0 aliphatic carbocycles. The summed E-state index contributed by atoms with van der Waals surface area (Å²) in [5.41, 5.74) is 0. The van der Waals surface area contributed by atoms with Crippen LogP contribution in [0.3, 0.4) is 0 Å². The van der Waals surface area contributed by atoms with Gasteiger partial charge in [-0.05, 0) is 57.8 Å². The zero-order valence-corrected chi connectivity index (χ0v) is 30.1. The van der Waals surface area contributed by atoms with E-state index in [0.29, 0.717) is 12.8 Å². The van der Waals surface area contributed by atoms with Crippen LogP contribution in [0, 0.1) is 0 Å². The molecule has 0 aromatic carbocycles. The minimum atomic E-state index is -0.785. The number of aliphatic hydroxyl groups is 1. The lowest BCUT2D eigenvalue weighted by Crippen LogP contribution is -2.28. The predicted molar refractivity (Wildman–Crippen MR) is 196 cm³/mol. The Hall–Kier alpha value is -2.14. The van der Waals surface area contributed by atoms with Gasteiger partial charge in [0.15, 0.2) is 6.10 Å². The topological polar surface area (TPSA) is 72.8 Å². The van der Waals surface area contributed by atoms with Crippen molar-refractivity contribution in [2.24, 2.45) is 0 Å². The van der Waals surface area contributed by atoms with Gasteiger partial charge in [-0.3, -0.25) is 9.59 Å². The van der Waals surface area contributed by atoms with Crippen LogP contribution >= 0.6 is 0 Å². The normalized spacial score (nSPS) is 12.7. The van der Waals surface area contributed by atoms with E-state index in [9.17, 15) is 14.7 Å². The highest BCUT2D eigenvalue weighted by molar-refractivity contribution is 5.70. The first-order valence-corrected chi connectivity index (χ1v) is 19.2. The molecule has 0 spiro atoms. The molecule has 0 bridgehead atoms. The number of allylic oxidation sites excluding steroid dienone is 8. The number of rotatable bonds is 34. The van der Waals surface area contributed by atoms with E-state index in [2.05, 4.69) is 62.5 Å². The van der Waals surface area contributed by atoms with Crippen LogP contribution in [0.15, 0.2) is 48.6 Å². The fourth-order valence-electron chi connectivity index (χ4n) is 5.18. The van der Waals surface area contributed by atoms with Gasteiger partial charge < -0.3 is 14.6 Å². The average molecular weight is 645 g/mol. The summed E-state index contributed by atoms with van der Waals surface area (Å²) in [6.45, 7) is 4.07. The molecule has 0 saturated carbocycles. The number of carbonyl (C=O) groups is 2. The molecule has 1 N–H and O–H groups in total. The van der Waals surface area contributed by atoms with Gasteiger partial charge in [0.2, 0.25) is 0 Å². The first-order chi connectivity index (χ1) is 22.6. The standard InChI is InChI=1S/C41H72O5/c1-3-5-7-9-11-13-15-17-18-19-20-21-22-24-26-28-30-32-34-36-41(44)46-39(37-42)38-45-40(43)35-33-31-29-27-25-23-16-14-12-10-8-6-4-2/h11,13,17-18,20-21,24,26,39,42H,3-10,12,14-16,19,22-23,25,27-38H2,1-2H3. The summed E-state index contributed by atoms with van der Waals surface area (Å²) in [6, 6.07) is 0. The smallest absolute Gasteiger partial charge is 0.306 e. The summed E-state index contributed by atoms with van der Waals surface area (Å²) in [6.07, 6.45) is 45.9. The molecular weight excluding hydrogens is 572 g/mol. The Bertz CT molecular complexity index is 782. The Kier molecular flexibility index (Phi) is 35.6. The lowest BCUT2D eigenvalue weighted by Gasteiger charge is -2.15. The maximum absolute atomic E-state index is 12.1. The zero-order chi connectivity index (χ0) is 33.6. The average Bonchev–Trinajstić information content (AvgIpc) is 3.06. The third-order valence-corrected chi connectivity index (χ3v) is 8.13. The first-order valence-electron chi connectivity index (χ1n) is 19.2. The Labute approximate surface area is 284 Å². The van der Waals surface area contributed by atoms with E-state index in [1.165, 1.54) is 89.9 Å². The number of unbranched alkanes of at least 4 members (excludes halogenated alkanes) is 18. The minimum absolute atomic E-state index is 0.0778. The molecule has 0 aliphatic rings. The summed E-state index contributed by atoms with van der Waals surface area (Å²) in [5.74, 6) is -0.626. The van der Waals surface area contributed by atoms with E-state index in [4.69, 9.17) is 9.47 Å². The summed E-state index contributed by atoms with van der Waals surface area (Å²) in [5, 5.41) is 9.53.